The second-order valence-electron chi connectivity index (χ2n) is 6.20. The molecule has 23 heavy (non-hydrogen) atoms. The van der Waals surface area contributed by atoms with Crippen molar-refractivity contribution in [1.82, 2.24) is 4.90 Å². The largest absolute Gasteiger partial charge is 0.481 e. The monoisotopic (exact) mass is 324 g/mol. The Morgan fingerprint density at radius 3 is 2.43 bits per heavy atom. The number of azide groups is 1. The molecule has 0 aliphatic carbocycles. The predicted octanol–water partition coefficient (Wildman–Crippen LogP) is 3.74. The normalized spacial score (nSPS) is 17.6. The van der Waals surface area contributed by atoms with Crippen LogP contribution in [0.25, 0.3) is 10.4 Å². The average Bonchev–Trinajstić information content (AvgIpc) is 2.56. The Labute approximate surface area is 137 Å². The molecule has 1 rings (SSSR count). The third-order valence-electron chi connectivity index (χ3n) is 4.34. The molecule has 1 atom stereocenters. The van der Waals surface area contributed by atoms with E-state index in [4.69, 9.17) is 10.6 Å². The molecule has 0 aromatic carbocycles. The smallest absolute Gasteiger partial charge is 0.308 e. The van der Waals surface area contributed by atoms with Crippen LogP contribution in [0.2, 0.25) is 0 Å². The van der Waals surface area contributed by atoms with Crippen molar-refractivity contribution < 1.29 is 14.7 Å². The van der Waals surface area contributed by atoms with Crippen LogP contribution in [0.4, 0.5) is 0 Å². The molecule has 1 N–H and O–H groups in total. The van der Waals surface area contributed by atoms with Gasteiger partial charge in [0, 0.05) is 31.0 Å². The summed E-state index contributed by atoms with van der Waals surface area (Å²) in [5, 5.41) is 12.5. The molecule has 0 bridgehead atoms. The van der Waals surface area contributed by atoms with E-state index in [-0.39, 0.29) is 5.91 Å². The lowest BCUT2D eigenvalue weighted by Gasteiger charge is -2.30. The van der Waals surface area contributed by atoms with Crippen molar-refractivity contribution in [3.8, 4) is 0 Å². The van der Waals surface area contributed by atoms with Gasteiger partial charge in [-0.3, -0.25) is 9.59 Å². The number of nitrogens with zero attached hydrogens (tertiary/aromatic N) is 4. The SMILES string of the molecule is [N-]=[N+]=NCCCCCCCCCC(=O)N1CCCC(C(=O)O)C1. The summed E-state index contributed by atoms with van der Waals surface area (Å²) < 4.78 is 0. The van der Waals surface area contributed by atoms with Gasteiger partial charge in [-0.15, -0.1) is 0 Å². The fourth-order valence-corrected chi connectivity index (χ4v) is 2.95. The van der Waals surface area contributed by atoms with E-state index in [2.05, 4.69) is 10.0 Å². The van der Waals surface area contributed by atoms with Gasteiger partial charge in [0.25, 0.3) is 0 Å². The molecule has 1 amide bonds. The maximum absolute atomic E-state index is 12.1. The van der Waals surface area contributed by atoms with Crippen molar-refractivity contribution in [2.45, 2.75) is 64.2 Å². The lowest BCUT2D eigenvalue weighted by Crippen LogP contribution is -2.42. The molecule has 0 aromatic heterocycles. The van der Waals surface area contributed by atoms with E-state index in [9.17, 15) is 9.59 Å². The number of rotatable bonds is 11. The molecule has 1 unspecified atom stereocenters. The maximum atomic E-state index is 12.1. The molecule has 1 fully saturated rings. The predicted molar refractivity (Wildman–Crippen MR) is 87.9 cm³/mol. The number of likely N-dealkylation sites (tertiary alicyclic amines) is 1. The Balaban J connectivity index is 2.01. The number of amides is 1. The van der Waals surface area contributed by atoms with Gasteiger partial charge in [-0.1, -0.05) is 37.2 Å². The molecular weight excluding hydrogens is 296 g/mol. The van der Waals surface area contributed by atoms with Crippen molar-refractivity contribution >= 4 is 11.9 Å². The van der Waals surface area contributed by atoms with Crippen LogP contribution >= 0.6 is 0 Å². The van der Waals surface area contributed by atoms with Gasteiger partial charge >= 0.3 is 5.97 Å². The van der Waals surface area contributed by atoms with Crippen LogP contribution < -0.4 is 0 Å². The summed E-state index contributed by atoms with van der Waals surface area (Å²) in [7, 11) is 0. The van der Waals surface area contributed by atoms with Gasteiger partial charge in [-0.2, -0.15) is 0 Å². The molecule has 0 radical (unpaired) electrons. The summed E-state index contributed by atoms with van der Waals surface area (Å²) in [4.78, 5) is 27.5. The first-order valence-electron chi connectivity index (χ1n) is 8.66. The first-order valence-corrected chi connectivity index (χ1v) is 8.66. The van der Waals surface area contributed by atoms with Crippen LogP contribution in [0.15, 0.2) is 5.11 Å². The number of hydrogen-bond donors (Lipinski definition) is 1. The van der Waals surface area contributed by atoms with Crippen molar-refractivity contribution in [3.63, 3.8) is 0 Å². The highest BCUT2D eigenvalue weighted by Crippen LogP contribution is 2.18. The van der Waals surface area contributed by atoms with Crippen LogP contribution in [0, 0.1) is 5.92 Å². The highest BCUT2D eigenvalue weighted by molar-refractivity contribution is 5.78. The summed E-state index contributed by atoms with van der Waals surface area (Å²) in [6.45, 7) is 1.66. The quantitative estimate of drug-likeness (QED) is 0.271. The number of carboxylic acid groups (broad SMARTS) is 1. The van der Waals surface area contributed by atoms with Crippen LogP contribution in [0.3, 0.4) is 0 Å². The number of carbonyl (C=O) groups is 2. The van der Waals surface area contributed by atoms with E-state index in [0.717, 1.165) is 51.4 Å². The third kappa shape index (κ3) is 8.45. The lowest BCUT2D eigenvalue weighted by molar-refractivity contribution is -0.145. The second-order valence-corrected chi connectivity index (χ2v) is 6.20. The molecule has 1 heterocycles. The average molecular weight is 324 g/mol. The Bertz CT molecular complexity index is 422. The third-order valence-corrected chi connectivity index (χ3v) is 4.34. The summed E-state index contributed by atoms with van der Waals surface area (Å²) in [5.74, 6) is -1.08. The first-order chi connectivity index (χ1) is 11.1. The van der Waals surface area contributed by atoms with Crippen LogP contribution in [0.5, 0.6) is 0 Å². The summed E-state index contributed by atoms with van der Waals surface area (Å²) in [6, 6.07) is 0. The standard InChI is InChI=1S/C16H28N4O3/c17-19-18-11-7-5-3-1-2-4-6-10-15(21)20-12-8-9-14(13-20)16(22)23/h14H,1-13H2,(H,22,23). The molecule has 130 valence electrons. The van der Waals surface area contributed by atoms with Gasteiger partial charge in [0.1, 0.15) is 0 Å². The zero-order chi connectivity index (χ0) is 16.9. The first kappa shape index (κ1) is 19.3. The highest BCUT2D eigenvalue weighted by Gasteiger charge is 2.27. The van der Waals surface area contributed by atoms with Crippen molar-refractivity contribution in [1.29, 1.82) is 0 Å². The fourth-order valence-electron chi connectivity index (χ4n) is 2.95. The maximum Gasteiger partial charge on any atom is 0.308 e. The van der Waals surface area contributed by atoms with Gasteiger partial charge in [-0.25, -0.2) is 0 Å². The number of carboxylic acids is 1. The van der Waals surface area contributed by atoms with Gasteiger partial charge in [-0.05, 0) is 31.2 Å². The number of hydrogen-bond acceptors (Lipinski definition) is 3. The summed E-state index contributed by atoms with van der Waals surface area (Å²) in [5.41, 5.74) is 8.14. The molecule has 0 saturated carbocycles. The van der Waals surface area contributed by atoms with Crippen molar-refractivity contribution in [2.24, 2.45) is 11.0 Å². The molecule has 0 spiro atoms. The Hall–Kier alpha value is -1.75. The molecule has 0 aromatic rings. The van der Waals surface area contributed by atoms with Crippen LogP contribution in [-0.2, 0) is 9.59 Å². The molecule has 7 nitrogen and oxygen atoms in total. The number of carbonyl (C=O) groups excluding carboxylic acids is 1. The van der Waals surface area contributed by atoms with Crippen LogP contribution in [0.1, 0.15) is 64.2 Å². The minimum atomic E-state index is -0.789. The fraction of sp³-hybridized carbons (Fsp3) is 0.875. The van der Waals surface area contributed by atoms with E-state index in [1.807, 2.05) is 0 Å². The zero-order valence-electron chi connectivity index (χ0n) is 13.8. The minimum Gasteiger partial charge on any atom is -0.481 e. The molecular formula is C16H28N4O3. The Morgan fingerprint density at radius 1 is 1.13 bits per heavy atom. The Kier molecular flexibility index (Phi) is 9.87. The summed E-state index contributed by atoms with van der Waals surface area (Å²) >= 11 is 0. The van der Waals surface area contributed by atoms with E-state index in [0.29, 0.717) is 32.5 Å². The topological polar surface area (TPSA) is 106 Å². The number of unbranched alkanes of at least 4 members (excludes halogenated alkanes) is 6. The molecule has 1 saturated heterocycles. The van der Waals surface area contributed by atoms with Crippen LogP contribution in [-0.4, -0.2) is 41.5 Å². The van der Waals surface area contributed by atoms with Crippen molar-refractivity contribution in [3.05, 3.63) is 10.4 Å². The number of piperidine rings is 1. The van der Waals surface area contributed by atoms with Gasteiger partial charge in [0.15, 0.2) is 0 Å². The number of aliphatic carboxylic acids is 1. The zero-order valence-corrected chi connectivity index (χ0v) is 13.8. The van der Waals surface area contributed by atoms with Gasteiger partial charge < -0.3 is 10.0 Å². The van der Waals surface area contributed by atoms with E-state index in [1.165, 1.54) is 0 Å². The van der Waals surface area contributed by atoms with Crippen molar-refractivity contribution in [2.75, 3.05) is 19.6 Å². The minimum absolute atomic E-state index is 0.102. The molecule has 1 aliphatic heterocycles. The van der Waals surface area contributed by atoms with E-state index < -0.39 is 11.9 Å². The van der Waals surface area contributed by atoms with E-state index >= 15 is 0 Å². The molecule has 1 aliphatic rings. The highest BCUT2D eigenvalue weighted by atomic mass is 16.4. The van der Waals surface area contributed by atoms with Gasteiger partial charge in [0.2, 0.25) is 5.91 Å². The lowest BCUT2D eigenvalue weighted by atomic mass is 9.98. The summed E-state index contributed by atoms with van der Waals surface area (Å²) in [6.07, 6.45) is 9.36. The van der Waals surface area contributed by atoms with Gasteiger partial charge in [0.05, 0.1) is 5.92 Å². The van der Waals surface area contributed by atoms with E-state index in [1.54, 1.807) is 4.90 Å². The Morgan fingerprint density at radius 2 is 1.78 bits per heavy atom. The second kappa shape index (κ2) is 11.8. The molecule has 7 heteroatoms.